The summed E-state index contributed by atoms with van der Waals surface area (Å²) < 4.78 is 29.2. The van der Waals surface area contributed by atoms with Crippen LogP contribution in [-0.4, -0.2) is 52.2 Å². The fourth-order valence-electron chi connectivity index (χ4n) is 5.43. The molecular formula is C26H31NO5. The van der Waals surface area contributed by atoms with E-state index < -0.39 is 5.79 Å². The average Bonchev–Trinajstić information content (AvgIpc) is 3.41. The number of fused-ring (bicyclic) bond motifs is 1. The van der Waals surface area contributed by atoms with Crippen LogP contribution in [0.2, 0.25) is 0 Å². The van der Waals surface area contributed by atoms with Gasteiger partial charge in [0.2, 0.25) is 0 Å². The number of methoxy groups -OCH3 is 3. The zero-order valence-corrected chi connectivity index (χ0v) is 19.2. The monoisotopic (exact) mass is 437 g/mol. The molecule has 1 unspecified atom stereocenters. The highest BCUT2D eigenvalue weighted by atomic mass is 16.7. The highest BCUT2D eigenvalue weighted by Crippen LogP contribution is 2.54. The summed E-state index contributed by atoms with van der Waals surface area (Å²) in [6.45, 7) is 1.54. The van der Waals surface area contributed by atoms with Crippen molar-refractivity contribution in [3.63, 3.8) is 0 Å². The van der Waals surface area contributed by atoms with Gasteiger partial charge in [0.25, 0.3) is 0 Å². The molecule has 5 rings (SSSR count). The van der Waals surface area contributed by atoms with Gasteiger partial charge in [-0.15, -0.1) is 0 Å². The molecule has 1 spiro atoms. The quantitative estimate of drug-likeness (QED) is 0.689. The number of hydrogen-bond donors (Lipinski definition) is 0. The first-order valence-electron chi connectivity index (χ1n) is 11.2. The van der Waals surface area contributed by atoms with Crippen molar-refractivity contribution >= 4 is 0 Å². The average molecular weight is 438 g/mol. The lowest BCUT2D eigenvalue weighted by Gasteiger charge is -2.41. The lowest BCUT2D eigenvalue weighted by molar-refractivity contribution is -0.143. The van der Waals surface area contributed by atoms with Gasteiger partial charge in [0, 0.05) is 31.1 Å². The molecule has 2 aromatic carbocycles. The predicted molar refractivity (Wildman–Crippen MR) is 121 cm³/mol. The number of likely N-dealkylation sites (N-methyl/N-ethyl adjacent to an activating group) is 1. The largest absolute Gasteiger partial charge is 0.497 e. The van der Waals surface area contributed by atoms with Gasteiger partial charge >= 0.3 is 0 Å². The Morgan fingerprint density at radius 1 is 0.906 bits per heavy atom. The number of nitrogens with zero attached hydrogens (tertiary/aromatic N) is 1. The molecule has 6 nitrogen and oxygen atoms in total. The Morgan fingerprint density at radius 3 is 2.41 bits per heavy atom. The lowest BCUT2D eigenvalue weighted by atomic mass is 9.69. The van der Waals surface area contributed by atoms with Crippen molar-refractivity contribution in [2.45, 2.75) is 36.6 Å². The van der Waals surface area contributed by atoms with Crippen LogP contribution in [-0.2, 0) is 14.9 Å². The van der Waals surface area contributed by atoms with E-state index in [-0.39, 0.29) is 11.5 Å². The van der Waals surface area contributed by atoms with Crippen LogP contribution < -0.4 is 14.2 Å². The van der Waals surface area contributed by atoms with E-state index in [0.29, 0.717) is 6.61 Å². The summed E-state index contributed by atoms with van der Waals surface area (Å²) in [5.74, 6) is 1.68. The van der Waals surface area contributed by atoms with Gasteiger partial charge < -0.3 is 28.6 Å². The number of rotatable bonds is 5. The second-order valence-electron chi connectivity index (χ2n) is 8.86. The summed E-state index contributed by atoms with van der Waals surface area (Å²) in [4.78, 5) is 2.34. The first kappa shape index (κ1) is 21.2. The highest BCUT2D eigenvalue weighted by molar-refractivity contribution is 5.50. The van der Waals surface area contributed by atoms with E-state index in [2.05, 4.69) is 42.3 Å². The minimum Gasteiger partial charge on any atom is -0.497 e. The summed E-state index contributed by atoms with van der Waals surface area (Å²) in [6.07, 6.45) is 4.96. The first-order chi connectivity index (χ1) is 15.5. The Labute approximate surface area is 189 Å². The van der Waals surface area contributed by atoms with Crippen LogP contribution in [0.1, 0.15) is 36.5 Å². The van der Waals surface area contributed by atoms with Crippen molar-refractivity contribution in [2.75, 3.05) is 41.5 Å². The first-order valence-corrected chi connectivity index (χ1v) is 11.2. The highest BCUT2D eigenvalue weighted by Gasteiger charge is 2.53. The van der Waals surface area contributed by atoms with Crippen molar-refractivity contribution in [3.05, 3.63) is 65.4 Å². The van der Waals surface area contributed by atoms with E-state index >= 15 is 0 Å². The molecule has 0 saturated carbocycles. The maximum absolute atomic E-state index is 6.56. The van der Waals surface area contributed by atoms with Gasteiger partial charge in [-0.05, 0) is 54.3 Å². The van der Waals surface area contributed by atoms with Gasteiger partial charge in [-0.3, -0.25) is 0 Å². The van der Waals surface area contributed by atoms with E-state index in [1.54, 1.807) is 21.3 Å². The zero-order chi connectivity index (χ0) is 22.3. The molecule has 0 N–H and O–H groups in total. The minimum atomic E-state index is -0.682. The third-order valence-electron chi connectivity index (χ3n) is 7.28. The predicted octanol–water partition coefficient (Wildman–Crippen LogP) is 4.45. The summed E-state index contributed by atoms with van der Waals surface area (Å²) >= 11 is 0. The van der Waals surface area contributed by atoms with Crippen LogP contribution in [0.15, 0.2) is 54.2 Å². The molecule has 2 aliphatic heterocycles. The van der Waals surface area contributed by atoms with Crippen LogP contribution in [0, 0.1) is 0 Å². The molecule has 170 valence electrons. The molecule has 2 aromatic rings. The third-order valence-corrected chi connectivity index (χ3v) is 7.28. The molecule has 2 heterocycles. The third kappa shape index (κ3) is 3.33. The topological polar surface area (TPSA) is 49.4 Å². The molecular weight excluding hydrogens is 406 g/mol. The van der Waals surface area contributed by atoms with Crippen LogP contribution in [0.4, 0.5) is 0 Å². The van der Waals surface area contributed by atoms with Gasteiger partial charge in [-0.25, -0.2) is 0 Å². The fourth-order valence-corrected chi connectivity index (χ4v) is 5.43. The van der Waals surface area contributed by atoms with Crippen molar-refractivity contribution < 1.29 is 23.7 Å². The van der Waals surface area contributed by atoms with Gasteiger partial charge in [0.1, 0.15) is 11.9 Å². The summed E-state index contributed by atoms with van der Waals surface area (Å²) in [5, 5.41) is 0. The van der Waals surface area contributed by atoms with E-state index in [0.717, 1.165) is 48.6 Å². The molecule has 32 heavy (non-hydrogen) atoms. The Hall–Kier alpha value is -2.70. The van der Waals surface area contributed by atoms with Crippen molar-refractivity contribution in [3.8, 4) is 17.2 Å². The van der Waals surface area contributed by atoms with Crippen LogP contribution in [0.5, 0.6) is 17.2 Å². The smallest absolute Gasteiger partial charge is 0.190 e. The van der Waals surface area contributed by atoms with Crippen molar-refractivity contribution in [1.29, 1.82) is 0 Å². The maximum atomic E-state index is 6.56. The Balaban J connectivity index is 1.46. The van der Waals surface area contributed by atoms with Gasteiger partial charge in [-0.1, -0.05) is 18.2 Å². The van der Waals surface area contributed by atoms with Crippen molar-refractivity contribution in [2.24, 2.45) is 0 Å². The van der Waals surface area contributed by atoms with Gasteiger partial charge in [-0.2, -0.15) is 0 Å². The van der Waals surface area contributed by atoms with Gasteiger partial charge in [0.15, 0.2) is 17.3 Å². The van der Waals surface area contributed by atoms with E-state index in [4.69, 9.17) is 23.7 Å². The maximum Gasteiger partial charge on any atom is 0.190 e. The molecule has 0 amide bonds. The number of likely N-dealkylation sites (tertiary alicyclic amines) is 1. The molecule has 0 aromatic heterocycles. The molecule has 1 aliphatic carbocycles. The second-order valence-corrected chi connectivity index (χ2v) is 8.86. The minimum absolute atomic E-state index is 0.0650. The fraction of sp³-hybridized carbons (Fsp3) is 0.462. The molecule has 0 radical (unpaired) electrons. The van der Waals surface area contributed by atoms with Crippen molar-refractivity contribution in [1.82, 2.24) is 4.90 Å². The molecule has 2 saturated heterocycles. The molecule has 0 bridgehead atoms. The van der Waals surface area contributed by atoms with Crippen LogP contribution in [0.3, 0.4) is 0 Å². The van der Waals surface area contributed by atoms with E-state index in [9.17, 15) is 0 Å². The number of allylic oxidation sites excluding steroid dienone is 1. The summed E-state index contributed by atoms with van der Waals surface area (Å²) in [5.41, 5.74) is 3.57. The van der Waals surface area contributed by atoms with Crippen LogP contribution >= 0.6 is 0 Å². The second kappa shape index (κ2) is 8.01. The molecule has 3 atom stereocenters. The van der Waals surface area contributed by atoms with E-state index in [1.165, 1.54) is 11.3 Å². The zero-order valence-electron chi connectivity index (χ0n) is 19.2. The number of hydrogen-bond acceptors (Lipinski definition) is 6. The normalized spacial score (nSPS) is 29.1. The molecule has 3 aliphatic rings. The molecule has 2 fully saturated rings. The Morgan fingerprint density at radius 2 is 1.69 bits per heavy atom. The Bertz CT molecular complexity index is 1020. The summed E-state index contributed by atoms with van der Waals surface area (Å²) in [7, 11) is 7.19. The van der Waals surface area contributed by atoms with Gasteiger partial charge in [0.05, 0.1) is 27.9 Å². The molecule has 6 heteroatoms. The lowest BCUT2D eigenvalue weighted by Crippen LogP contribution is -2.41. The SMILES string of the molecule is COc1ccc([C@H]2COC3(C=C4N(C)CC[C@]4(c4ccc(OC)c(OC)c4)CC3)O2)cc1. The van der Waals surface area contributed by atoms with Crippen LogP contribution in [0.25, 0.3) is 0 Å². The summed E-state index contributed by atoms with van der Waals surface area (Å²) in [6, 6.07) is 14.3. The number of benzene rings is 2. The Kier molecular flexibility index (Phi) is 5.30. The standard InChI is InChI=1S/C26H31NO5/c1-27-14-13-25(19-7-10-21(29-3)22(15-19)30-4)11-12-26(16-24(25)27)31-17-23(32-26)18-5-8-20(28-2)9-6-18/h5-10,15-16,23H,11-14,17H2,1-4H3/t23-,25+,26?/m1/s1. The number of ether oxygens (including phenoxy) is 5. The van der Waals surface area contributed by atoms with E-state index in [1.807, 2.05) is 18.2 Å².